The molecule has 6 heteroatoms. The monoisotopic (exact) mass is 229 g/mol. The topological polar surface area (TPSA) is 73.2 Å². The Labute approximate surface area is 90.1 Å². The van der Waals surface area contributed by atoms with Gasteiger partial charge in [0.05, 0.1) is 11.8 Å². The third-order valence-electron chi connectivity index (χ3n) is 2.84. The van der Waals surface area contributed by atoms with E-state index in [0.717, 1.165) is 12.8 Å². The summed E-state index contributed by atoms with van der Waals surface area (Å²) < 4.78 is 25.3. The van der Waals surface area contributed by atoms with E-state index >= 15 is 0 Å². The summed E-state index contributed by atoms with van der Waals surface area (Å²) in [6.45, 7) is 1.51. The minimum absolute atomic E-state index is 0.227. The van der Waals surface area contributed by atoms with Crippen LogP contribution >= 0.6 is 0 Å². The number of hydrogen-bond acceptors (Lipinski definition) is 4. The first-order valence-electron chi connectivity index (χ1n) is 5.23. The van der Waals surface area contributed by atoms with E-state index in [1.54, 1.807) is 0 Å². The Kier molecular flexibility index (Phi) is 2.96. The van der Waals surface area contributed by atoms with Crippen LogP contribution in [0.25, 0.3) is 0 Å². The molecule has 2 rings (SSSR count). The molecule has 0 aromatic heterocycles. The Hall–Kier alpha value is -0.640. The van der Waals surface area contributed by atoms with Gasteiger partial charge in [-0.1, -0.05) is 0 Å². The summed E-state index contributed by atoms with van der Waals surface area (Å²) in [5.41, 5.74) is 0. The molecule has 0 radical (unpaired) electrons. The number of piperazine rings is 1. The van der Waals surface area contributed by atoms with Crippen LogP contribution in [0.5, 0.6) is 0 Å². The number of rotatable bonds is 3. The van der Waals surface area contributed by atoms with Gasteiger partial charge in [0.25, 0.3) is 0 Å². The largest absolute Gasteiger partial charge is 0.313 e. The van der Waals surface area contributed by atoms with Crippen molar-refractivity contribution >= 4 is 10.0 Å². The molecule has 1 aliphatic heterocycles. The van der Waals surface area contributed by atoms with E-state index in [0.29, 0.717) is 25.6 Å². The summed E-state index contributed by atoms with van der Waals surface area (Å²) in [4.78, 5) is 0. The van der Waals surface area contributed by atoms with Gasteiger partial charge in [-0.25, -0.2) is 8.42 Å². The molecular weight excluding hydrogens is 214 g/mol. The van der Waals surface area contributed by atoms with Crippen molar-refractivity contribution in [3.63, 3.8) is 0 Å². The molecular formula is C9H15N3O2S. The average molecular weight is 229 g/mol. The maximum Gasteiger partial charge on any atom is 0.215 e. The Morgan fingerprint density at radius 3 is 2.80 bits per heavy atom. The van der Waals surface area contributed by atoms with Crippen molar-refractivity contribution in [2.24, 2.45) is 5.92 Å². The molecule has 1 heterocycles. The molecule has 0 spiro atoms. The van der Waals surface area contributed by atoms with Gasteiger partial charge < -0.3 is 5.32 Å². The minimum Gasteiger partial charge on any atom is -0.313 e. The van der Waals surface area contributed by atoms with Crippen LogP contribution in [0.4, 0.5) is 0 Å². The van der Waals surface area contributed by atoms with Crippen LogP contribution in [-0.2, 0) is 10.0 Å². The van der Waals surface area contributed by atoms with Crippen molar-refractivity contribution in [3.8, 4) is 6.07 Å². The van der Waals surface area contributed by atoms with Gasteiger partial charge in [-0.15, -0.1) is 0 Å². The van der Waals surface area contributed by atoms with E-state index < -0.39 is 16.1 Å². The van der Waals surface area contributed by atoms with Gasteiger partial charge in [0, 0.05) is 19.6 Å². The number of nitrogens with one attached hydrogen (secondary N) is 1. The van der Waals surface area contributed by atoms with Crippen molar-refractivity contribution in [3.05, 3.63) is 0 Å². The van der Waals surface area contributed by atoms with E-state index in [9.17, 15) is 8.42 Å². The number of nitriles is 1. The fourth-order valence-electron chi connectivity index (χ4n) is 1.81. The molecule has 1 saturated carbocycles. The van der Waals surface area contributed by atoms with Gasteiger partial charge in [-0.3, -0.25) is 0 Å². The Morgan fingerprint density at radius 2 is 2.20 bits per heavy atom. The summed E-state index contributed by atoms with van der Waals surface area (Å²) in [6.07, 6.45) is 2.03. The molecule has 5 nitrogen and oxygen atoms in total. The molecule has 1 atom stereocenters. The molecule has 0 aromatic carbocycles. The Bertz CT molecular complexity index is 369. The van der Waals surface area contributed by atoms with Crippen LogP contribution in [0.1, 0.15) is 12.8 Å². The molecule has 1 aliphatic carbocycles. The van der Waals surface area contributed by atoms with Crippen LogP contribution < -0.4 is 5.32 Å². The number of hydrogen-bond donors (Lipinski definition) is 1. The van der Waals surface area contributed by atoms with E-state index in [2.05, 4.69) is 5.32 Å². The highest BCUT2D eigenvalue weighted by molar-refractivity contribution is 7.89. The molecule has 1 saturated heterocycles. The van der Waals surface area contributed by atoms with Crippen LogP contribution in [-0.4, -0.2) is 44.2 Å². The summed E-state index contributed by atoms with van der Waals surface area (Å²) in [5, 5.41) is 11.9. The van der Waals surface area contributed by atoms with Crippen molar-refractivity contribution in [2.75, 3.05) is 25.4 Å². The van der Waals surface area contributed by atoms with Gasteiger partial charge in [0.1, 0.15) is 6.04 Å². The Balaban J connectivity index is 2.08. The van der Waals surface area contributed by atoms with Crippen LogP contribution in [0.15, 0.2) is 0 Å². The van der Waals surface area contributed by atoms with Crippen LogP contribution in [0.2, 0.25) is 0 Å². The van der Waals surface area contributed by atoms with E-state index in [1.165, 1.54) is 4.31 Å². The van der Waals surface area contributed by atoms with Crippen LogP contribution in [0, 0.1) is 17.2 Å². The molecule has 84 valence electrons. The van der Waals surface area contributed by atoms with Gasteiger partial charge in [-0.05, 0) is 18.8 Å². The van der Waals surface area contributed by atoms with Crippen molar-refractivity contribution in [2.45, 2.75) is 18.9 Å². The summed E-state index contributed by atoms with van der Waals surface area (Å²) in [6, 6.07) is 1.51. The normalized spacial score (nSPS) is 28.6. The van der Waals surface area contributed by atoms with Gasteiger partial charge in [-0.2, -0.15) is 9.57 Å². The molecule has 15 heavy (non-hydrogen) atoms. The van der Waals surface area contributed by atoms with Gasteiger partial charge >= 0.3 is 0 Å². The molecule has 0 bridgehead atoms. The first kappa shape index (κ1) is 10.9. The van der Waals surface area contributed by atoms with E-state index in [1.807, 2.05) is 6.07 Å². The predicted molar refractivity (Wildman–Crippen MR) is 55.5 cm³/mol. The maximum atomic E-state index is 12.0. The van der Waals surface area contributed by atoms with Gasteiger partial charge in [0.15, 0.2) is 0 Å². The van der Waals surface area contributed by atoms with Crippen molar-refractivity contribution < 1.29 is 8.42 Å². The molecule has 1 unspecified atom stereocenters. The summed E-state index contributed by atoms with van der Waals surface area (Å²) in [5.74, 6) is 0.565. The highest BCUT2D eigenvalue weighted by atomic mass is 32.2. The standard InChI is InChI=1S/C9H15N3O2S/c10-5-9-6-11-3-4-12(9)15(13,14)7-8-1-2-8/h8-9,11H,1-4,6-7H2. The number of nitrogens with zero attached hydrogens (tertiary/aromatic N) is 2. The third-order valence-corrected chi connectivity index (χ3v) is 4.89. The lowest BCUT2D eigenvalue weighted by atomic mass is 10.3. The maximum absolute atomic E-state index is 12.0. The highest BCUT2D eigenvalue weighted by Crippen LogP contribution is 2.31. The second kappa shape index (κ2) is 4.08. The zero-order chi connectivity index (χ0) is 10.9. The van der Waals surface area contributed by atoms with E-state index in [4.69, 9.17) is 5.26 Å². The first-order valence-corrected chi connectivity index (χ1v) is 6.84. The molecule has 0 aromatic rings. The molecule has 2 aliphatic rings. The van der Waals surface area contributed by atoms with E-state index in [-0.39, 0.29) is 5.75 Å². The molecule has 2 fully saturated rings. The second-order valence-electron chi connectivity index (χ2n) is 4.18. The highest BCUT2D eigenvalue weighted by Gasteiger charge is 2.36. The quantitative estimate of drug-likeness (QED) is 0.709. The minimum atomic E-state index is -3.21. The van der Waals surface area contributed by atoms with Crippen molar-refractivity contribution in [1.82, 2.24) is 9.62 Å². The summed E-state index contributed by atoms with van der Waals surface area (Å²) >= 11 is 0. The third kappa shape index (κ3) is 2.48. The fourth-order valence-corrected chi connectivity index (χ4v) is 3.81. The lowest BCUT2D eigenvalue weighted by Gasteiger charge is -2.30. The lowest BCUT2D eigenvalue weighted by molar-refractivity contribution is 0.311. The molecule has 0 amide bonds. The smallest absolute Gasteiger partial charge is 0.215 e. The lowest BCUT2D eigenvalue weighted by Crippen LogP contribution is -2.53. The zero-order valence-corrected chi connectivity index (χ0v) is 9.33. The fraction of sp³-hybridized carbons (Fsp3) is 0.889. The Morgan fingerprint density at radius 1 is 1.47 bits per heavy atom. The summed E-state index contributed by atoms with van der Waals surface area (Å²) in [7, 11) is -3.21. The first-order chi connectivity index (χ1) is 7.13. The predicted octanol–water partition coefficient (Wildman–Crippen LogP) is -0.476. The van der Waals surface area contributed by atoms with Crippen LogP contribution in [0.3, 0.4) is 0 Å². The zero-order valence-electron chi connectivity index (χ0n) is 8.52. The average Bonchev–Trinajstić information content (AvgIpc) is 3.01. The molecule has 1 N–H and O–H groups in total. The second-order valence-corrected chi connectivity index (χ2v) is 6.15. The van der Waals surface area contributed by atoms with Crippen molar-refractivity contribution in [1.29, 1.82) is 5.26 Å². The number of sulfonamides is 1. The SMILES string of the molecule is N#CC1CNCCN1S(=O)(=O)CC1CC1. The van der Waals surface area contributed by atoms with Gasteiger partial charge in [0.2, 0.25) is 10.0 Å².